The van der Waals surface area contributed by atoms with Crippen molar-refractivity contribution in [2.75, 3.05) is 6.61 Å². The highest BCUT2D eigenvalue weighted by molar-refractivity contribution is 6.30. The number of hydrogen-bond acceptors (Lipinski definition) is 5. The molecule has 0 saturated heterocycles. The first-order valence-corrected chi connectivity index (χ1v) is 10.5. The van der Waals surface area contributed by atoms with E-state index in [9.17, 15) is 9.59 Å². The molecule has 0 amide bonds. The number of carbonyl (C=O) groups is 1. The molecule has 0 fully saturated rings. The highest BCUT2D eigenvalue weighted by Gasteiger charge is 2.16. The molecule has 1 heterocycles. The first-order valence-electron chi connectivity index (χ1n) is 10.1. The van der Waals surface area contributed by atoms with Crippen molar-refractivity contribution in [2.24, 2.45) is 0 Å². The predicted octanol–water partition coefficient (Wildman–Crippen LogP) is 5.15. The molecule has 0 unspecified atom stereocenters. The Bertz CT molecular complexity index is 1150. The minimum atomic E-state index is -0.432. The second-order valence-electron chi connectivity index (χ2n) is 7.58. The van der Waals surface area contributed by atoms with Gasteiger partial charge < -0.3 is 13.9 Å². The second kappa shape index (κ2) is 8.92. The van der Waals surface area contributed by atoms with Gasteiger partial charge in [0.25, 0.3) is 0 Å². The lowest BCUT2D eigenvalue weighted by atomic mass is 10.0. The molecule has 0 radical (unpaired) electrons. The van der Waals surface area contributed by atoms with Gasteiger partial charge in [-0.15, -0.1) is 0 Å². The predicted molar refractivity (Wildman–Crippen MR) is 115 cm³/mol. The summed E-state index contributed by atoms with van der Waals surface area (Å²) < 4.78 is 16.5. The van der Waals surface area contributed by atoms with Crippen LogP contribution in [0.2, 0.25) is 5.02 Å². The smallest absolute Gasteiger partial charge is 0.336 e. The summed E-state index contributed by atoms with van der Waals surface area (Å²) in [6.45, 7) is 2.38. The molecule has 30 heavy (non-hydrogen) atoms. The van der Waals surface area contributed by atoms with Crippen LogP contribution in [0, 0.1) is 6.92 Å². The molecule has 5 nitrogen and oxygen atoms in total. The molecular formula is C24H23ClO5. The zero-order valence-corrected chi connectivity index (χ0v) is 17.6. The molecule has 0 aliphatic heterocycles. The molecule has 0 spiro atoms. The minimum absolute atomic E-state index is 0.0525. The number of fused-ring (bicyclic) bond motifs is 2. The fourth-order valence-corrected chi connectivity index (χ4v) is 4.04. The van der Waals surface area contributed by atoms with Crippen LogP contribution in [0.5, 0.6) is 5.75 Å². The first-order chi connectivity index (χ1) is 14.5. The normalized spacial score (nSPS) is 12.7. The lowest BCUT2D eigenvalue weighted by molar-refractivity contribution is -0.145. The molecule has 2 aromatic carbocycles. The Morgan fingerprint density at radius 3 is 2.73 bits per heavy atom. The van der Waals surface area contributed by atoms with Gasteiger partial charge in [-0.1, -0.05) is 11.6 Å². The summed E-state index contributed by atoms with van der Waals surface area (Å²) in [7, 11) is 0. The van der Waals surface area contributed by atoms with E-state index in [2.05, 4.69) is 6.07 Å². The van der Waals surface area contributed by atoms with E-state index in [4.69, 9.17) is 25.5 Å². The van der Waals surface area contributed by atoms with Crippen molar-refractivity contribution < 1.29 is 18.7 Å². The Kier molecular flexibility index (Phi) is 6.09. The van der Waals surface area contributed by atoms with Crippen molar-refractivity contribution in [3.05, 3.63) is 74.1 Å². The Hall–Kier alpha value is -2.79. The summed E-state index contributed by atoms with van der Waals surface area (Å²) in [5, 5.41) is 1.50. The largest absolute Gasteiger partial charge is 0.493 e. The van der Waals surface area contributed by atoms with E-state index in [1.807, 2.05) is 25.1 Å². The average molecular weight is 427 g/mol. The molecule has 0 bridgehead atoms. The maximum absolute atomic E-state index is 12.2. The molecule has 1 aliphatic carbocycles. The summed E-state index contributed by atoms with van der Waals surface area (Å²) >= 11 is 5.94. The highest BCUT2D eigenvalue weighted by Crippen LogP contribution is 2.29. The standard InChI is InChI=1S/C24H23ClO5/c1-15-10-19(25)7-8-21(15)28-9-3-6-23(26)29-14-18-13-24(27)30-22-12-17-5-2-4-16(17)11-20(18)22/h7-8,10-13H,2-6,9,14H2,1H3. The lowest BCUT2D eigenvalue weighted by Crippen LogP contribution is -2.09. The van der Waals surface area contributed by atoms with Crippen LogP contribution in [-0.4, -0.2) is 12.6 Å². The lowest BCUT2D eigenvalue weighted by Gasteiger charge is -2.10. The van der Waals surface area contributed by atoms with Crippen LogP contribution in [0.25, 0.3) is 11.0 Å². The van der Waals surface area contributed by atoms with Crippen molar-refractivity contribution in [2.45, 2.75) is 45.6 Å². The van der Waals surface area contributed by atoms with Gasteiger partial charge in [0.15, 0.2) is 0 Å². The topological polar surface area (TPSA) is 65.7 Å². The van der Waals surface area contributed by atoms with Crippen LogP contribution >= 0.6 is 11.6 Å². The molecule has 6 heteroatoms. The van der Waals surface area contributed by atoms with Crippen LogP contribution in [0.15, 0.2) is 45.6 Å². The maximum Gasteiger partial charge on any atom is 0.336 e. The SMILES string of the molecule is Cc1cc(Cl)ccc1OCCCC(=O)OCc1cc(=O)oc2cc3c(cc12)CCC3. The summed E-state index contributed by atoms with van der Waals surface area (Å²) in [6, 6.07) is 10.8. The maximum atomic E-state index is 12.2. The third-order valence-corrected chi connectivity index (χ3v) is 5.59. The molecular weight excluding hydrogens is 404 g/mol. The number of carbonyl (C=O) groups excluding carboxylic acids is 1. The number of halogens is 1. The van der Waals surface area contributed by atoms with Gasteiger partial charge in [-0.2, -0.15) is 0 Å². The summed E-state index contributed by atoms with van der Waals surface area (Å²) in [5.41, 5.74) is 4.26. The van der Waals surface area contributed by atoms with E-state index in [1.54, 1.807) is 6.07 Å². The monoisotopic (exact) mass is 426 g/mol. The van der Waals surface area contributed by atoms with Crippen molar-refractivity contribution in [1.29, 1.82) is 0 Å². The number of ether oxygens (including phenoxy) is 2. The number of esters is 1. The van der Waals surface area contributed by atoms with Gasteiger partial charge in [-0.3, -0.25) is 4.79 Å². The summed E-state index contributed by atoms with van der Waals surface area (Å²) in [4.78, 5) is 24.1. The Morgan fingerprint density at radius 2 is 1.93 bits per heavy atom. The molecule has 0 saturated carbocycles. The summed E-state index contributed by atoms with van der Waals surface area (Å²) in [6.07, 6.45) is 3.91. The van der Waals surface area contributed by atoms with Gasteiger partial charge in [-0.05, 0) is 79.6 Å². The fraction of sp³-hybridized carbons (Fsp3) is 0.333. The number of rotatable bonds is 7. The van der Waals surface area contributed by atoms with Gasteiger partial charge >= 0.3 is 11.6 Å². The van der Waals surface area contributed by atoms with E-state index in [0.29, 0.717) is 29.2 Å². The van der Waals surface area contributed by atoms with Crippen LogP contribution in [0.3, 0.4) is 0 Å². The molecule has 0 atom stereocenters. The van der Waals surface area contributed by atoms with E-state index in [0.717, 1.165) is 36.0 Å². The minimum Gasteiger partial charge on any atom is -0.493 e. The molecule has 3 aromatic rings. The van der Waals surface area contributed by atoms with Crippen LogP contribution < -0.4 is 10.4 Å². The quantitative estimate of drug-likeness (QED) is 0.297. The summed E-state index contributed by atoms with van der Waals surface area (Å²) in [5.74, 6) is 0.428. The van der Waals surface area contributed by atoms with Crippen LogP contribution in [0.4, 0.5) is 0 Å². The fourth-order valence-electron chi connectivity index (χ4n) is 3.82. The molecule has 4 rings (SSSR count). The van der Waals surface area contributed by atoms with Crippen molar-refractivity contribution >= 4 is 28.5 Å². The second-order valence-corrected chi connectivity index (χ2v) is 8.02. The first kappa shape index (κ1) is 20.5. The Morgan fingerprint density at radius 1 is 1.13 bits per heavy atom. The van der Waals surface area contributed by atoms with Gasteiger partial charge in [0.1, 0.15) is 17.9 Å². The molecule has 1 aromatic heterocycles. The number of benzene rings is 2. The average Bonchev–Trinajstić information content (AvgIpc) is 3.16. The van der Waals surface area contributed by atoms with Crippen LogP contribution in [-0.2, 0) is 29.0 Å². The van der Waals surface area contributed by atoms with E-state index in [-0.39, 0.29) is 19.0 Å². The molecule has 0 N–H and O–H groups in total. The van der Waals surface area contributed by atoms with Gasteiger partial charge in [-0.25, -0.2) is 4.79 Å². The third kappa shape index (κ3) is 4.68. The van der Waals surface area contributed by atoms with Crippen molar-refractivity contribution in [3.8, 4) is 5.75 Å². The van der Waals surface area contributed by atoms with Crippen molar-refractivity contribution in [1.82, 2.24) is 0 Å². The molecule has 1 aliphatic rings. The van der Waals surface area contributed by atoms with Crippen molar-refractivity contribution in [3.63, 3.8) is 0 Å². The van der Waals surface area contributed by atoms with E-state index >= 15 is 0 Å². The van der Waals surface area contributed by atoms with E-state index in [1.165, 1.54) is 17.2 Å². The van der Waals surface area contributed by atoms with E-state index < -0.39 is 5.63 Å². The van der Waals surface area contributed by atoms with Gasteiger partial charge in [0, 0.05) is 28.5 Å². The highest BCUT2D eigenvalue weighted by atomic mass is 35.5. The van der Waals surface area contributed by atoms with Gasteiger partial charge in [0.05, 0.1) is 6.61 Å². The Balaban J connectivity index is 1.32. The molecule has 156 valence electrons. The van der Waals surface area contributed by atoms with Crippen LogP contribution in [0.1, 0.15) is 41.5 Å². The number of aryl methyl sites for hydroxylation is 3. The zero-order chi connectivity index (χ0) is 21.1. The zero-order valence-electron chi connectivity index (χ0n) is 16.8. The Labute approximate surface area is 179 Å². The number of hydrogen-bond donors (Lipinski definition) is 0. The van der Waals surface area contributed by atoms with Gasteiger partial charge in [0.2, 0.25) is 0 Å². The third-order valence-electron chi connectivity index (χ3n) is 5.35.